The lowest BCUT2D eigenvalue weighted by atomic mass is 10.2. The minimum Gasteiger partial charge on any atom is -0.504 e. The first-order valence-electron chi connectivity index (χ1n) is 9.70. The zero-order valence-electron chi connectivity index (χ0n) is 17.7. The number of phenolic OH excluding ortho intramolecular Hbond substituents is 1. The summed E-state index contributed by atoms with van der Waals surface area (Å²) >= 11 is 1.22. The average Bonchev–Trinajstić information content (AvgIpc) is 3.25. The van der Waals surface area contributed by atoms with Crippen LogP contribution in [-0.2, 0) is 11.8 Å². The molecule has 32 heavy (non-hydrogen) atoms. The molecule has 4 rings (SSSR count). The van der Waals surface area contributed by atoms with Crippen LogP contribution < -0.4 is 15.2 Å². The highest BCUT2D eigenvalue weighted by Crippen LogP contribution is 2.28. The highest BCUT2D eigenvalue weighted by molar-refractivity contribution is 8.15. The number of aromatic hydroxyl groups is 1. The standard InChI is InChI=1S/C22H21N5O4S/c1-14-20(21(30)27(25(14)2)16-7-5-4-6-8-16)26-19(29)13-32-22(26)24-23-12-15-9-10-17(28)18(11-15)31-3/h4-12,28H,13H2,1-3H3/b23-12+,24-22-. The fraction of sp³-hybridized carbons (Fsp3) is 0.182. The Balaban J connectivity index is 1.71. The van der Waals surface area contributed by atoms with Crippen molar-refractivity contribution in [3.05, 3.63) is 70.1 Å². The largest absolute Gasteiger partial charge is 0.504 e. The molecule has 1 fully saturated rings. The summed E-state index contributed by atoms with van der Waals surface area (Å²) in [6, 6.07) is 14.0. The van der Waals surface area contributed by atoms with Gasteiger partial charge in [0.15, 0.2) is 16.7 Å². The lowest BCUT2D eigenvalue weighted by Gasteiger charge is -2.13. The van der Waals surface area contributed by atoms with Crippen LogP contribution in [0.1, 0.15) is 11.3 Å². The van der Waals surface area contributed by atoms with E-state index in [1.165, 1.54) is 40.7 Å². The van der Waals surface area contributed by atoms with Gasteiger partial charge in [0.25, 0.3) is 5.56 Å². The quantitative estimate of drug-likeness (QED) is 0.475. The molecule has 0 bridgehead atoms. The summed E-state index contributed by atoms with van der Waals surface area (Å²) in [6.07, 6.45) is 1.48. The van der Waals surface area contributed by atoms with Crippen LogP contribution in [0.5, 0.6) is 11.5 Å². The number of ether oxygens (including phenoxy) is 1. The van der Waals surface area contributed by atoms with Gasteiger partial charge in [-0.2, -0.15) is 5.10 Å². The third-order valence-electron chi connectivity index (χ3n) is 5.07. The topological polar surface area (TPSA) is 101 Å². The normalized spacial score (nSPS) is 15.3. The van der Waals surface area contributed by atoms with Gasteiger partial charge in [-0.1, -0.05) is 30.0 Å². The summed E-state index contributed by atoms with van der Waals surface area (Å²) in [6.45, 7) is 1.79. The van der Waals surface area contributed by atoms with Crippen molar-refractivity contribution in [2.24, 2.45) is 17.3 Å². The van der Waals surface area contributed by atoms with E-state index in [4.69, 9.17) is 4.74 Å². The number of hydrogen-bond donors (Lipinski definition) is 1. The Hall–Kier alpha value is -3.79. The Morgan fingerprint density at radius 1 is 1.16 bits per heavy atom. The number of phenols is 1. The van der Waals surface area contributed by atoms with Gasteiger partial charge in [0, 0.05) is 7.05 Å². The molecular formula is C22H21N5O4S. The van der Waals surface area contributed by atoms with Crippen LogP contribution in [0.15, 0.2) is 63.5 Å². The first-order valence-corrected chi connectivity index (χ1v) is 10.7. The van der Waals surface area contributed by atoms with Crippen LogP contribution in [0, 0.1) is 6.92 Å². The van der Waals surface area contributed by atoms with E-state index in [1.54, 1.807) is 30.8 Å². The minimum atomic E-state index is -0.313. The van der Waals surface area contributed by atoms with E-state index >= 15 is 0 Å². The molecule has 1 aliphatic heterocycles. The van der Waals surface area contributed by atoms with Crippen molar-refractivity contribution < 1.29 is 14.6 Å². The van der Waals surface area contributed by atoms with Gasteiger partial charge < -0.3 is 9.84 Å². The number of amides is 1. The van der Waals surface area contributed by atoms with Crippen LogP contribution in [0.4, 0.5) is 5.69 Å². The SMILES string of the molecule is COc1cc(/C=N/N=C2\SCC(=O)N2c2c(C)n(C)n(-c3ccccc3)c2=O)ccc1O. The smallest absolute Gasteiger partial charge is 0.296 e. The van der Waals surface area contributed by atoms with Crippen LogP contribution in [0.2, 0.25) is 0 Å². The molecule has 1 aromatic heterocycles. The van der Waals surface area contributed by atoms with Crippen molar-refractivity contribution in [3.63, 3.8) is 0 Å². The Labute approximate surface area is 188 Å². The van der Waals surface area contributed by atoms with E-state index in [1.807, 2.05) is 30.3 Å². The predicted octanol–water partition coefficient (Wildman–Crippen LogP) is 2.67. The van der Waals surface area contributed by atoms with Crippen LogP contribution in [0.3, 0.4) is 0 Å². The van der Waals surface area contributed by atoms with Crippen LogP contribution >= 0.6 is 11.8 Å². The average molecular weight is 452 g/mol. The minimum absolute atomic E-state index is 0.0216. The number of carbonyl (C=O) groups is 1. The highest BCUT2D eigenvalue weighted by Gasteiger charge is 2.35. The number of thioether (sulfide) groups is 1. The molecule has 10 heteroatoms. The molecule has 1 saturated heterocycles. The number of para-hydroxylation sites is 1. The number of nitrogens with zero attached hydrogens (tertiary/aromatic N) is 5. The number of anilines is 1. The number of carbonyl (C=O) groups excluding carboxylic acids is 1. The zero-order chi connectivity index (χ0) is 22.8. The lowest BCUT2D eigenvalue weighted by molar-refractivity contribution is -0.115. The number of hydrogen-bond acceptors (Lipinski definition) is 7. The van der Waals surface area contributed by atoms with Gasteiger partial charge in [0.1, 0.15) is 5.69 Å². The highest BCUT2D eigenvalue weighted by atomic mass is 32.2. The summed E-state index contributed by atoms with van der Waals surface area (Å²) < 4.78 is 8.32. The number of amidine groups is 1. The summed E-state index contributed by atoms with van der Waals surface area (Å²) in [4.78, 5) is 27.3. The molecule has 0 saturated carbocycles. The fourth-order valence-electron chi connectivity index (χ4n) is 3.39. The van der Waals surface area contributed by atoms with E-state index < -0.39 is 0 Å². The van der Waals surface area contributed by atoms with Crippen molar-refractivity contribution in [2.75, 3.05) is 17.8 Å². The molecule has 1 amide bonds. The molecule has 0 aliphatic carbocycles. The third-order valence-corrected chi connectivity index (χ3v) is 5.98. The molecular weight excluding hydrogens is 430 g/mol. The summed E-state index contributed by atoms with van der Waals surface area (Å²) in [5, 5.41) is 18.3. The second-order valence-corrected chi connectivity index (χ2v) is 7.93. The first kappa shape index (κ1) is 21.4. The van der Waals surface area contributed by atoms with Gasteiger partial charge in [-0.05, 0) is 42.8 Å². The molecule has 164 valence electrons. The molecule has 9 nitrogen and oxygen atoms in total. The fourth-order valence-corrected chi connectivity index (χ4v) is 4.20. The Kier molecular flexibility index (Phi) is 5.87. The predicted molar refractivity (Wildman–Crippen MR) is 125 cm³/mol. The maximum Gasteiger partial charge on any atom is 0.296 e. The van der Waals surface area contributed by atoms with Gasteiger partial charge in [0.05, 0.1) is 30.5 Å². The Morgan fingerprint density at radius 3 is 2.62 bits per heavy atom. The van der Waals surface area contributed by atoms with E-state index in [0.717, 1.165) is 0 Å². The third kappa shape index (κ3) is 3.80. The number of benzene rings is 2. The van der Waals surface area contributed by atoms with E-state index in [2.05, 4.69) is 10.2 Å². The summed E-state index contributed by atoms with van der Waals surface area (Å²) in [5.74, 6) is 0.269. The lowest BCUT2D eigenvalue weighted by Crippen LogP contribution is -2.34. The van der Waals surface area contributed by atoms with Crippen molar-refractivity contribution >= 4 is 34.7 Å². The van der Waals surface area contributed by atoms with Gasteiger partial charge in [-0.25, -0.2) is 9.58 Å². The monoisotopic (exact) mass is 451 g/mol. The maximum absolute atomic E-state index is 13.3. The molecule has 0 atom stereocenters. The molecule has 2 heterocycles. The van der Waals surface area contributed by atoms with Crippen LogP contribution in [-0.4, -0.2) is 44.6 Å². The Morgan fingerprint density at radius 2 is 1.91 bits per heavy atom. The van der Waals surface area contributed by atoms with Crippen molar-refractivity contribution in [2.45, 2.75) is 6.92 Å². The van der Waals surface area contributed by atoms with Crippen molar-refractivity contribution in [1.82, 2.24) is 9.36 Å². The number of methoxy groups -OCH3 is 1. The van der Waals surface area contributed by atoms with Crippen LogP contribution in [0.25, 0.3) is 5.69 Å². The maximum atomic E-state index is 13.3. The number of aromatic nitrogens is 2. The molecule has 2 aromatic carbocycles. The zero-order valence-corrected chi connectivity index (χ0v) is 18.5. The van der Waals surface area contributed by atoms with E-state index in [-0.39, 0.29) is 28.7 Å². The van der Waals surface area contributed by atoms with Gasteiger partial charge in [0.2, 0.25) is 5.91 Å². The molecule has 0 radical (unpaired) electrons. The van der Waals surface area contributed by atoms with Crippen molar-refractivity contribution in [1.29, 1.82) is 0 Å². The second-order valence-electron chi connectivity index (χ2n) is 6.99. The van der Waals surface area contributed by atoms with Gasteiger partial charge in [-0.15, -0.1) is 5.10 Å². The summed E-state index contributed by atoms with van der Waals surface area (Å²) in [5.41, 5.74) is 1.94. The molecule has 3 aromatic rings. The van der Waals surface area contributed by atoms with Gasteiger partial charge in [-0.3, -0.25) is 14.3 Å². The van der Waals surface area contributed by atoms with Gasteiger partial charge >= 0.3 is 0 Å². The molecule has 0 spiro atoms. The molecule has 1 N–H and O–H groups in total. The summed E-state index contributed by atoms with van der Waals surface area (Å²) in [7, 11) is 3.23. The van der Waals surface area contributed by atoms with E-state index in [9.17, 15) is 14.7 Å². The molecule has 1 aliphatic rings. The van der Waals surface area contributed by atoms with Crippen molar-refractivity contribution in [3.8, 4) is 17.2 Å². The van der Waals surface area contributed by atoms with E-state index in [0.29, 0.717) is 27.9 Å². The first-order chi connectivity index (χ1) is 15.4. The number of rotatable bonds is 5. The molecule has 0 unspecified atom stereocenters. The Bertz CT molecular complexity index is 1290. The second kappa shape index (κ2) is 8.75.